The van der Waals surface area contributed by atoms with Crippen molar-refractivity contribution in [3.63, 3.8) is 0 Å². The number of nitrogens with two attached hydrogens (primary N) is 2. The number of hydrogen-bond donors (Lipinski definition) is 3. The van der Waals surface area contributed by atoms with Crippen LogP contribution in [0.4, 0.5) is 23.3 Å². The lowest BCUT2D eigenvalue weighted by molar-refractivity contribution is 0.352. The molecular weight excluding hydrogens is 408 g/mol. The van der Waals surface area contributed by atoms with E-state index < -0.39 is 0 Å². The van der Waals surface area contributed by atoms with Gasteiger partial charge in [0, 0.05) is 33.3 Å². The first kappa shape index (κ1) is 21.8. The Hall–Kier alpha value is -3.40. The molecule has 0 aliphatic carbocycles. The van der Waals surface area contributed by atoms with Crippen LogP contribution in [-0.2, 0) is 0 Å². The first-order valence-corrected chi connectivity index (χ1v) is 10.8. The minimum absolute atomic E-state index is 0.289. The molecular formula is C22H32N8O2. The molecule has 10 heteroatoms. The fraction of sp³-hybridized carbons (Fsp3) is 0.455. The minimum Gasteiger partial charge on any atom is -0.497 e. The van der Waals surface area contributed by atoms with Crippen molar-refractivity contribution in [2.45, 2.75) is 12.8 Å². The molecule has 1 fully saturated rings. The summed E-state index contributed by atoms with van der Waals surface area (Å²) in [7, 11) is 7.17. The Labute approximate surface area is 188 Å². The van der Waals surface area contributed by atoms with Gasteiger partial charge in [0.25, 0.3) is 0 Å². The third kappa shape index (κ3) is 3.81. The second-order valence-corrected chi connectivity index (χ2v) is 8.14. The van der Waals surface area contributed by atoms with Gasteiger partial charge < -0.3 is 36.1 Å². The molecule has 5 N–H and O–H groups in total. The van der Waals surface area contributed by atoms with E-state index in [1.807, 2.05) is 41.8 Å². The first-order chi connectivity index (χ1) is 15.5. The number of nitrogen functional groups attached to an aromatic ring is 2. The number of rotatable bonds is 8. The number of ether oxygens (including phenoxy) is 2. The molecule has 10 nitrogen and oxygen atoms in total. The zero-order valence-electron chi connectivity index (χ0n) is 19.2. The summed E-state index contributed by atoms with van der Waals surface area (Å²) in [4.78, 5) is 4.44. The summed E-state index contributed by atoms with van der Waals surface area (Å²) in [5, 5.41) is 13.5. The molecule has 172 valence electrons. The van der Waals surface area contributed by atoms with Gasteiger partial charge in [-0.3, -0.25) is 4.57 Å². The van der Waals surface area contributed by atoms with Crippen LogP contribution in [-0.4, -0.2) is 74.2 Å². The fourth-order valence-electron chi connectivity index (χ4n) is 4.36. The fourth-order valence-corrected chi connectivity index (χ4v) is 4.36. The average Bonchev–Trinajstić information content (AvgIpc) is 3.41. The zero-order valence-corrected chi connectivity index (χ0v) is 19.2. The Bertz CT molecular complexity index is 1110. The van der Waals surface area contributed by atoms with Gasteiger partial charge in [0.15, 0.2) is 11.6 Å². The van der Waals surface area contributed by atoms with Crippen LogP contribution in [0.2, 0.25) is 0 Å². The SMILES string of the molecule is COc1ccc(-n2c(N)c3c(N)nnc(NCCN4CCCC4)c3c2N(C)C)c(OC)c1. The van der Waals surface area contributed by atoms with Gasteiger partial charge in [-0.25, -0.2) is 0 Å². The molecule has 0 unspecified atom stereocenters. The number of nitrogens with one attached hydrogen (secondary N) is 1. The van der Waals surface area contributed by atoms with Gasteiger partial charge in [-0.2, -0.15) is 0 Å². The lowest BCUT2D eigenvalue weighted by Gasteiger charge is -2.21. The van der Waals surface area contributed by atoms with E-state index >= 15 is 0 Å². The molecule has 0 amide bonds. The summed E-state index contributed by atoms with van der Waals surface area (Å²) >= 11 is 0. The summed E-state index contributed by atoms with van der Waals surface area (Å²) in [5.41, 5.74) is 13.7. The van der Waals surface area contributed by atoms with E-state index in [0.717, 1.165) is 43.1 Å². The molecule has 0 atom stereocenters. The molecule has 0 bridgehead atoms. The summed E-state index contributed by atoms with van der Waals surface area (Å²) in [6.07, 6.45) is 2.53. The van der Waals surface area contributed by atoms with Crippen molar-refractivity contribution < 1.29 is 9.47 Å². The number of aromatic nitrogens is 3. The highest BCUT2D eigenvalue weighted by Crippen LogP contribution is 2.44. The summed E-state index contributed by atoms with van der Waals surface area (Å²) in [5.74, 6) is 3.59. The summed E-state index contributed by atoms with van der Waals surface area (Å²) in [6, 6.07) is 5.61. The largest absolute Gasteiger partial charge is 0.497 e. The molecule has 1 aliphatic heterocycles. The molecule has 32 heavy (non-hydrogen) atoms. The summed E-state index contributed by atoms with van der Waals surface area (Å²) < 4.78 is 12.9. The molecule has 1 aromatic carbocycles. The molecule has 0 spiro atoms. The number of benzene rings is 1. The van der Waals surface area contributed by atoms with Crippen molar-refractivity contribution in [3.8, 4) is 17.2 Å². The summed E-state index contributed by atoms with van der Waals surface area (Å²) in [6.45, 7) is 4.01. The van der Waals surface area contributed by atoms with Crippen molar-refractivity contribution >= 4 is 34.0 Å². The van der Waals surface area contributed by atoms with Crippen molar-refractivity contribution in [3.05, 3.63) is 18.2 Å². The lowest BCUT2D eigenvalue weighted by Crippen LogP contribution is -2.26. The van der Waals surface area contributed by atoms with E-state index in [1.165, 1.54) is 12.8 Å². The Balaban J connectivity index is 1.84. The van der Waals surface area contributed by atoms with E-state index in [1.54, 1.807) is 14.2 Å². The molecule has 1 saturated heterocycles. The standard InChI is InChI=1S/C22H32N8O2/c1-28(2)22-18-17(19(23)26-27-21(18)25-9-12-29-10-5-6-11-29)20(24)30(22)15-8-7-14(31-3)13-16(15)32-4/h7-8,13H,5-6,9-12,24H2,1-4H3,(H2,23,26)(H,25,27). The van der Waals surface area contributed by atoms with Gasteiger partial charge in [0.05, 0.1) is 30.7 Å². The van der Waals surface area contributed by atoms with Gasteiger partial charge in [-0.15, -0.1) is 10.2 Å². The van der Waals surface area contributed by atoms with E-state index in [9.17, 15) is 0 Å². The normalized spacial score (nSPS) is 14.1. The molecule has 3 aromatic rings. The van der Waals surface area contributed by atoms with Crippen LogP contribution in [0.1, 0.15) is 12.8 Å². The second kappa shape index (κ2) is 8.99. The van der Waals surface area contributed by atoms with E-state index in [0.29, 0.717) is 28.5 Å². The third-order valence-corrected chi connectivity index (χ3v) is 5.90. The molecule has 1 aliphatic rings. The number of methoxy groups -OCH3 is 2. The van der Waals surface area contributed by atoms with Crippen molar-refractivity contribution in [1.82, 2.24) is 19.7 Å². The minimum atomic E-state index is 0.289. The quantitative estimate of drug-likeness (QED) is 0.484. The van der Waals surface area contributed by atoms with Crippen molar-refractivity contribution in [2.75, 3.05) is 76.2 Å². The lowest BCUT2D eigenvalue weighted by atomic mass is 10.2. The topological polar surface area (TPSA) is 120 Å². The Kier molecular flexibility index (Phi) is 6.13. The number of hydrogen-bond acceptors (Lipinski definition) is 9. The van der Waals surface area contributed by atoms with Crippen molar-refractivity contribution in [2.24, 2.45) is 0 Å². The Morgan fingerprint density at radius 2 is 1.81 bits per heavy atom. The van der Waals surface area contributed by atoms with Crippen LogP contribution >= 0.6 is 0 Å². The highest BCUT2D eigenvalue weighted by atomic mass is 16.5. The smallest absolute Gasteiger partial charge is 0.160 e. The van der Waals surface area contributed by atoms with Crippen molar-refractivity contribution in [1.29, 1.82) is 0 Å². The number of nitrogens with zero attached hydrogens (tertiary/aromatic N) is 5. The first-order valence-electron chi connectivity index (χ1n) is 10.8. The van der Waals surface area contributed by atoms with Gasteiger partial charge in [-0.05, 0) is 38.1 Å². The van der Waals surface area contributed by atoms with Gasteiger partial charge in [0.2, 0.25) is 0 Å². The maximum Gasteiger partial charge on any atom is 0.160 e. The number of fused-ring (bicyclic) bond motifs is 1. The van der Waals surface area contributed by atoms with Crippen LogP contribution in [0.15, 0.2) is 18.2 Å². The van der Waals surface area contributed by atoms with E-state index in [-0.39, 0.29) is 5.82 Å². The Morgan fingerprint density at radius 1 is 1.06 bits per heavy atom. The van der Waals surface area contributed by atoms with Crippen LogP contribution in [0.3, 0.4) is 0 Å². The average molecular weight is 441 g/mol. The molecule has 0 saturated carbocycles. The maximum absolute atomic E-state index is 6.67. The van der Waals surface area contributed by atoms with Crippen LogP contribution in [0.25, 0.3) is 16.5 Å². The second-order valence-electron chi connectivity index (χ2n) is 8.14. The molecule has 3 heterocycles. The van der Waals surface area contributed by atoms with Crippen LogP contribution < -0.4 is 31.2 Å². The zero-order chi connectivity index (χ0) is 22.8. The molecule has 4 rings (SSSR count). The van der Waals surface area contributed by atoms with E-state index in [4.69, 9.17) is 20.9 Å². The third-order valence-electron chi connectivity index (χ3n) is 5.90. The van der Waals surface area contributed by atoms with Gasteiger partial charge in [0.1, 0.15) is 23.1 Å². The van der Waals surface area contributed by atoms with Crippen LogP contribution in [0, 0.1) is 0 Å². The van der Waals surface area contributed by atoms with Gasteiger partial charge in [-0.1, -0.05) is 0 Å². The Morgan fingerprint density at radius 3 is 2.47 bits per heavy atom. The molecule has 2 aromatic heterocycles. The van der Waals surface area contributed by atoms with Crippen LogP contribution in [0.5, 0.6) is 11.5 Å². The highest BCUT2D eigenvalue weighted by molar-refractivity contribution is 6.12. The maximum atomic E-state index is 6.67. The predicted molar refractivity (Wildman–Crippen MR) is 129 cm³/mol. The monoisotopic (exact) mass is 440 g/mol. The van der Waals surface area contributed by atoms with Gasteiger partial charge >= 0.3 is 0 Å². The predicted octanol–water partition coefficient (Wildman–Crippen LogP) is 2.18. The van der Waals surface area contributed by atoms with E-state index in [2.05, 4.69) is 20.4 Å². The molecule has 0 radical (unpaired) electrons. The number of likely N-dealkylation sites (tertiary alicyclic amines) is 1. The number of anilines is 4. The highest BCUT2D eigenvalue weighted by Gasteiger charge is 2.26.